The Bertz CT molecular complexity index is 617. The van der Waals surface area contributed by atoms with Gasteiger partial charge in [0.05, 0.1) is 14.9 Å². The number of benzene rings is 2. The second-order valence-corrected chi connectivity index (χ2v) is 5.79. The van der Waals surface area contributed by atoms with E-state index in [9.17, 15) is 4.79 Å². The van der Waals surface area contributed by atoms with Crippen molar-refractivity contribution in [1.82, 2.24) is 4.72 Å². The average molecular weight is 348 g/mol. The molecule has 0 aromatic heterocycles. The van der Waals surface area contributed by atoms with Gasteiger partial charge in [-0.1, -0.05) is 46.9 Å². The molecule has 0 heterocycles. The van der Waals surface area contributed by atoms with Gasteiger partial charge in [0.1, 0.15) is 0 Å². The molecule has 0 saturated heterocycles. The van der Waals surface area contributed by atoms with Gasteiger partial charge in [-0.3, -0.25) is 4.72 Å². The fourth-order valence-corrected chi connectivity index (χ4v) is 2.80. The summed E-state index contributed by atoms with van der Waals surface area (Å²) in [6.07, 6.45) is 0. The molecule has 0 fully saturated rings. The third-order valence-corrected chi connectivity index (χ3v) is 4.27. The van der Waals surface area contributed by atoms with Crippen molar-refractivity contribution in [3.05, 3.63) is 57.5 Å². The van der Waals surface area contributed by atoms with E-state index in [0.717, 1.165) is 11.9 Å². The molecule has 2 aromatic rings. The zero-order valence-corrected chi connectivity index (χ0v) is 13.1. The Kier molecular flexibility index (Phi) is 5.43. The van der Waals surface area contributed by atoms with Gasteiger partial charge in [0.2, 0.25) is 0 Å². The van der Waals surface area contributed by atoms with E-state index >= 15 is 0 Å². The lowest BCUT2D eigenvalue weighted by atomic mass is 10.3. The molecule has 0 unspecified atom stereocenters. The number of nitrogens with one attached hydrogen (secondary N) is 2. The predicted molar refractivity (Wildman–Crippen MR) is 85.9 cm³/mol. The summed E-state index contributed by atoms with van der Waals surface area (Å²) in [5, 5.41) is 4.15. The number of amides is 2. The van der Waals surface area contributed by atoms with Crippen molar-refractivity contribution in [3.8, 4) is 0 Å². The zero-order chi connectivity index (χ0) is 14.5. The first-order valence-electron chi connectivity index (χ1n) is 5.49. The van der Waals surface area contributed by atoms with E-state index in [0.29, 0.717) is 25.7 Å². The summed E-state index contributed by atoms with van der Waals surface area (Å²) < 4.78 is 2.60. The Labute approximate surface area is 135 Å². The molecule has 0 aliphatic heterocycles. The van der Waals surface area contributed by atoms with Crippen LogP contribution < -0.4 is 10.0 Å². The first-order valence-corrected chi connectivity index (χ1v) is 7.45. The summed E-state index contributed by atoms with van der Waals surface area (Å²) in [5.41, 5.74) is 0.598. The second kappa shape index (κ2) is 7.09. The van der Waals surface area contributed by atoms with Crippen LogP contribution in [0.5, 0.6) is 0 Å². The van der Waals surface area contributed by atoms with Crippen LogP contribution in [0, 0.1) is 0 Å². The van der Waals surface area contributed by atoms with Gasteiger partial charge in [-0.2, -0.15) is 0 Å². The molecular weight excluding hydrogens is 339 g/mol. The van der Waals surface area contributed by atoms with Gasteiger partial charge >= 0.3 is 6.03 Å². The van der Waals surface area contributed by atoms with Crippen molar-refractivity contribution < 1.29 is 4.79 Å². The minimum absolute atomic E-state index is 0.395. The average Bonchev–Trinajstić information content (AvgIpc) is 2.38. The van der Waals surface area contributed by atoms with E-state index in [-0.39, 0.29) is 0 Å². The van der Waals surface area contributed by atoms with E-state index in [2.05, 4.69) is 10.0 Å². The van der Waals surface area contributed by atoms with Crippen molar-refractivity contribution >= 4 is 58.5 Å². The van der Waals surface area contributed by atoms with Crippen molar-refractivity contribution in [2.75, 3.05) is 5.32 Å². The van der Waals surface area contributed by atoms with Crippen LogP contribution in [0.1, 0.15) is 0 Å². The van der Waals surface area contributed by atoms with Crippen molar-refractivity contribution in [2.45, 2.75) is 4.90 Å². The molecule has 2 aromatic carbocycles. The first kappa shape index (κ1) is 15.3. The van der Waals surface area contributed by atoms with Crippen LogP contribution in [0.15, 0.2) is 47.4 Å². The van der Waals surface area contributed by atoms with E-state index < -0.39 is 6.03 Å². The Morgan fingerprint density at radius 1 is 1.00 bits per heavy atom. The molecule has 3 nitrogen and oxygen atoms in total. The Balaban J connectivity index is 1.96. The molecular formula is C13H9Cl3N2OS. The molecule has 0 spiro atoms. The number of rotatable bonds is 3. The molecule has 0 aliphatic carbocycles. The van der Waals surface area contributed by atoms with Gasteiger partial charge in [0.15, 0.2) is 0 Å². The third kappa shape index (κ3) is 4.21. The fourth-order valence-electron chi connectivity index (χ4n) is 1.40. The Morgan fingerprint density at radius 3 is 2.30 bits per heavy atom. The molecule has 0 aliphatic rings. The van der Waals surface area contributed by atoms with E-state index in [4.69, 9.17) is 34.8 Å². The smallest absolute Gasteiger partial charge is 0.307 e. The minimum Gasteiger partial charge on any atom is -0.307 e. The van der Waals surface area contributed by atoms with E-state index in [1.165, 1.54) is 0 Å². The SMILES string of the molecule is O=C(NSc1c(Cl)cccc1Cl)Nc1cccc(Cl)c1. The number of urea groups is 1. The number of anilines is 1. The largest absolute Gasteiger partial charge is 0.329 e. The zero-order valence-electron chi connectivity index (χ0n) is 9.99. The lowest BCUT2D eigenvalue weighted by molar-refractivity contribution is 0.257. The maximum Gasteiger partial charge on any atom is 0.329 e. The van der Waals surface area contributed by atoms with Crippen LogP contribution in [0.3, 0.4) is 0 Å². The Hall–Kier alpha value is -1.07. The van der Waals surface area contributed by atoms with Crippen molar-refractivity contribution in [3.63, 3.8) is 0 Å². The highest BCUT2D eigenvalue weighted by Crippen LogP contribution is 2.32. The lowest BCUT2D eigenvalue weighted by Crippen LogP contribution is -2.22. The number of carbonyl (C=O) groups is 1. The van der Waals surface area contributed by atoms with Gasteiger partial charge < -0.3 is 5.32 Å². The van der Waals surface area contributed by atoms with Gasteiger partial charge in [0.25, 0.3) is 0 Å². The summed E-state index contributed by atoms with van der Waals surface area (Å²) >= 11 is 18.9. The first-order chi connectivity index (χ1) is 9.56. The summed E-state index contributed by atoms with van der Waals surface area (Å²) in [6, 6.07) is 11.6. The van der Waals surface area contributed by atoms with Gasteiger partial charge in [-0.25, -0.2) is 4.79 Å². The summed E-state index contributed by atoms with van der Waals surface area (Å²) in [6.45, 7) is 0. The highest BCUT2D eigenvalue weighted by molar-refractivity contribution is 7.98. The maximum atomic E-state index is 11.7. The molecule has 104 valence electrons. The van der Waals surface area contributed by atoms with E-state index in [1.54, 1.807) is 42.5 Å². The molecule has 2 N–H and O–H groups in total. The van der Waals surface area contributed by atoms with Gasteiger partial charge in [0, 0.05) is 10.7 Å². The molecule has 20 heavy (non-hydrogen) atoms. The molecule has 7 heteroatoms. The van der Waals surface area contributed by atoms with Crippen LogP contribution in [0.25, 0.3) is 0 Å². The van der Waals surface area contributed by atoms with Crippen molar-refractivity contribution in [1.29, 1.82) is 0 Å². The summed E-state index contributed by atoms with van der Waals surface area (Å²) in [4.78, 5) is 12.3. The van der Waals surface area contributed by atoms with Gasteiger partial charge in [-0.05, 0) is 42.3 Å². The summed E-state index contributed by atoms with van der Waals surface area (Å²) in [5.74, 6) is 0. The number of carbonyl (C=O) groups excluding carboxylic acids is 1. The van der Waals surface area contributed by atoms with Crippen LogP contribution in [-0.2, 0) is 0 Å². The van der Waals surface area contributed by atoms with Crippen LogP contribution in [0.4, 0.5) is 10.5 Å². The topological polar surface area (TPSA) is 41.1 Å². The minimum atomic E-state index is -0.395. The predicted octanol–water partition coefficient (Wildman–Crippen LogP) is 5.48. The number of hydrogen-bond donors (Lipinski definition) is 2. The number of halogens is 3. The molecule has 0 radical (unpaired) electrons. The Morgan fingerprint density at radius 2 is 1.65 bits per heavy atom. The van der Waals surface area contributed by atoms with Crippen LogP contribution >= 0.6 is 46.8 Å². The lowest BCUT2D eigenvalue weighted by Gasteiger charge is -2.09. The van der Waals surface area contributed by atoms with Crippen LogP contribution in [0.2, 0.25) is 15.1 Å². The highest BCUT2D eigenvalue weighted by atomic mass is 35.5. The molecule has 0 bridgehead atoms. The quantitative estimate of drug-likeness (QED) is 0.722. The summed E-state index contributed by atoms with van der Waals surface area (Å²) in [7, 11) is 0. The molecule has 0 saturated carbocycles. The number of hydrogen-bond acceptors (Lipinski definition) is 2. The highest BCUT2D eigenvalue weighted by Gasteiger charge is 2.09. The molecule has 2 rings (SSSR count). The monoisotopic (exact) mass is 346 g/mol. The molecule has 0 atom stereocenters. The standard InChI is InChI=1S/C13H9Cl3N2OS/c14-8-3-1-4-9(7-8)17-13(19)18-20-12-10(15)5-2-6-11(12)16/h1-7H,(H2,17,18,19). The molecule has 2 amide bonds. The van der Waals surface area contributed by atoms with Gasteiger partial charge in [-0.15, -0.1) is 0 Å². The van der Waals surface area contributed by atoms with Crippen molar-refractivity contribution in [2.24, 2.45) is 0 Å². The maximum absolute atomic E-state index is 11.7. The fraction of sp³-hybridized carbons (Fsp3) is 0. The third-order valence-electron chi connectivity index (χ3n) is 2.25. The van der Waals surface area contributed by atoms with E-state index in [1.807, 2.05) is 0 Å². The van der Waals surface area contributed by atoms with Crippen LogP contribution in [-0.4, -0.2) is 6.03 Å². The second-order valence-electron chi connectivity index (χ2n) is 3.72. The normalized spacial score (nSPS) is 10.2.